The number of pyridine rings is 1. The zero-order valence-electron chi connectivity index (χ0n) is 10.6. The average molecular weight is 267 g/mol. The number of fused-ring (bicyclic) bond motifs is 3. The second-order valence-corrected chi connectivity index (χ2v) is 5.32. The smallest absolute Gasteiger partial charge is 0.143 e. The molecule has 0 amide bonds. The van der Waals surface area contributed by atoms with Gasteiger partial charge in [0.25, 0.3) is 0 Å². The molecule has 0 atom stereocenters. The van der Waals surface area contributed by atoms with Crippen molar-refractivity contribution in [1.82, 2.24) is 4.98 Å². The van der Waals surface area contributed by atoms with Crippen LogP contribution in [0, 0.1) is 11.3 Å². The van der Waals surface area contributed by atoms with Crippen molar-refractivity contribution < 1.29 is 0 Å². The quantitative estimate of drug-likeness (QED) is 0.807. The summed E-state index contributed by atoms with van der Waals surface area (Å²) < 4.78 is 0. The molecule has 3 nitrogen and oxygen atoms in total. The molecule has 0 spiro atoms. The highest BCUT2D eigenvalue weighted by Gasteiger charge is 2.23. The van der Waals surface area contributed by atoms with E-state index in [0.717, 1.165) is 34.6 Å². The van der Waals surface area contributed by atoms with E-state index in [1.807, 2.05) is 18.4 Å². The Balaban J connectivity index is 2.34. The summed E-state index contributed by atoms with van der Waals surface area (Å²) in [6.45, 7) is 0. The zero-order valence-corrected chi connectivity index (χ0v) is 11.4. The maximum absolute atomic E-state index is 9.24. The molecule has 1 aromatic heterocycles. The van der Waals surface area contributed by atoms with E-state index in [9.17, 15) is 5.26 Å². The van der Waals surface area contributed by atoms with Crippen molar-refractivity contribution in [2.45, 2.75) is 17.7 Å². The molecule has 2 N–H and O–H groups in total. The van der Waals surface area contributed by atoms with E-state index in [1.165, 1.54) is 5.56 Å². The van der Waals surface area contributed by atoms with Crippen molar-refractivity contribution >= 4 is 17.6 Å². The van der Waals surface area contributed by atoms with E-state index < -0.39 is 0 Å². The van der Waals surface area contributed by atoms with Crippen molar-refractivity contribution in [1.29, 1.82) is 5.26 Å². The van der Waals surface area contributed by atoms with Crippen molar-refractivity contribution in [2.75, 3.05) is 12.0 Å². The summed E-state index contributed by atoms with van der Waals surface area (Å²) in [4.78, 5) is 5.46. The molecule has 4 heteroatoms. The molecule has 0 saturated heterocycles. The normalized spacial score (nSPS) is 12.4. The van der Waals surface area contributed by atoms with E-state index in [4.69, 9.17) is 5.73 Å². The minimum absolute atomic E-state index is 0.335. The molecule has 0 radical (unpaired) electrons. The first-order valence-electron chi connectivity index (χ1n) is 6.11. The number of anilines is 1. The van der Waals surface area contributed by atoms with E-state index in [0.29, 0.717) is 11.4 Å². The number of thioether (sulfide) groups is 1. The molecule has 2 aromatic rings. The third-order valence-electron chi connectivity index (χ3n) is 3.51. The van der Waals surface area contributed by atoms with Gasteiger partial charge in [-0.25, -0.2) is 4.98 Å². The first-order chi connectivity index (χ1) is 9.26. The number of nitrogens with zero attached hydrogens (tertiary/aromatic N) is 2. The predicted octanol–water partition coefficient (Wildman–Crippen LogP) is 3.02. The summed E-state index contributed by atoms with van der Waals surface area (Å²) in [6.07, 6.45) is 3.90. The minimum Gasteiger partial charge on any atom is -0.383 e. The van der Waals surface area contributed by atoms with Crippen LogP contribution in [0.15, 0.2) is 29.2 Å². The van der Waals surface area contributed by atoms with E-state index >= 15 is 0 Å². The molecule has 0 bridgehead atoms. The molecule has 1 aliphatic carbocycles. The molecule has 94 valence electrons. The highest BCUT2D eigenvalue weighted by atomic mass is 32.2. The fourth-order valence-electron chi connectivity index (χ4n) is 2.64. The van der Waals surface area contributed by atoms with Gasteiger partial charge in [-0.15, -0.1) is 11.8 Å². The number of aromatic nitrogens is 1. The average Bonchev–Trinajstić information content (AvgIpc) is 2.45. The van der Waals surface area contributed by atoms with Crippen LogP contribution < -0.4 is 5.73 Å². The van der Waals surface area contributed by atoms with Crippen LogP contribution in [0.3, 0.4) is 0 Å². The standard InChI is InChI=1S/C15H13N3S/c1-19-14-11-7-6-9-4-2-3-5-10(9)13(11)18-15(17)12(14)8-16/h2-5H,6-7H2,1H3,(H2,17,18). The molecule has 1 aromatic carbocycles. The van der Waals surface area contributed by atoms with Crippen LogP contribution in [0.25, 0.3) is 11.3 Å². The minimum atomic E-state index is 0.335. The molecule has 0 saturated carbocycles. The number of aryl methyl sites for hydroxylation is 1. The lowest BCUT2D eigenvalue weighted by atomic mass is 9.88. The Morgan fingerprint density at radius 1 is 1.32 bits per heavy atom. The summed E-state index contributed by atoms with van der Waals surface area (Å²) in [5, 5.41) is 9.24. The van der Waals surface area contributed by atoms with Gasteiger partial charge in [-0.05, 0) is 30.2 Å². The largest absolute Gasteiger partial charge is 0.383 e. The Hall–Kier alpha value is -1.99. The molecule has 3 rings (SSSR count). The van der Waals surface area contributed by atoms with Gasteiger partial charge in [-0.1, -0.05) is 24.3 Å². The highest BCUT2D eigenvalue weighted by Crippen LogP contribution is 2.39. The Morgan fingerprint density at radius 3 is 2.84 bits per heavy atom. The van der Waals surface area contributed by atoms with Gasteiger partial charge < -0.3 is 5.73 Å². The molecule has 1 heterocycles. The number of nitrogens with two attached hydrogens (primary N) is 1. The van der Waals surface area contributed by atoms with Crippen LogP contribution in [-0.2, 0) is 12.8 Å². The van der Waals surface area contributed by atoms with Gasteiger partial charge in [0.1, 0.15) is 17.5 Å². The maximum Gasteiger partial charge on any atom is 0.143 e. The Bertz CT molecular complexity index is 701. The van der Waals surface area contributed by atoms with E-state index in [1.54, 1.807) is 11.8 Å². The van der Waals surface area contributed by atoms with Crippen molar-refractivity contribution in [3.8, 4) is 17.3 Å². The Labute approximate surface area is 116 Å². The Kier molecular flexibility index (Phi) is 2.92. The summed E-state index contributed by atoms with van der Waals surface area (Å²) in [7, 11) is 0. The van der Waals surface area contributed by atoms with Crippen LogP contribution in [-0.4, -0.2) is 11.2 Å². The predicted molar refractivity (Wildman–Crippen MR) is 78.0 cm³/mol. The van der Waals surface area contributed by atoms with Crippen LogP contribution in [0.1, 0.15) is 16.7 Å². The van der Waals surface area contributed by atoms with Gasteiger partial charge in [-0.3, -0.25) is 0 Å². The zero-order chi connectivity index (χ0) is 13.4. The van der Waals surface area contributed by atoms with Gasteiger partial charge >= 0.3 is 0 Å². The molecule has 1 aliphatic rings. The van der Waals surface area contributed by atoms with Gasteiger partial charge in [-0.2, -0.15) is 5.26 Å². The third kappa shape index (κ3) is 1.78. The lowest BCUT2D eigenvalue weighted by Gasteiger charge is -2.22. The SMILES string of the molecule is CSc1c(C#N)c(N)nc2c1CCc1ccccc1-2. The fourth-order valence-corrected chi connectivity index (χ4v) is 3.44. The summed E-state index contributed by atoms with van der Waals surface area (Å²) in [5.41, 5.74) is 11.0. The number of hydrogen-bond donors (Lipinski definition) is 1. The van der Waals surface area contributed by atoms with Gasteiger partial charge in [0.05, 0.1) is 5.69 Å². The number of hydrogen-bond acceptors (Lipinski definition) is 4. The monoisotopic (exact) mass is 267 g/mol. The second kappa shape index (κ2) is 4.60. The third-order valence-corrected chi connectivity index (χ3v) is 4.37. The number of rotatable bonds is 1. The summed E-state index contributed by atoms with van der Waals surface area (Å²) in [6, 6.07) is 10.5. The van der Waals surface area contributed by atoms with Crippen molar-refractivity contribution in [3.05, 3.63) is 41.0 Å². The molecular weight excluding hydrogens is 254 g/mol. The van der Waals surface area contributed by atoms with E-state index in [2.05, 4.69) is 23.2 Å². The lowest BCUT2D eigenvalue weighted by Crippen LogP contribution is -2.10. The molecular formula is C15H13N3S. The number of benzene rings is 1. The van der Waals surface area contributed by atoms with Crippen LogP contribution in [0.2, 0.25) is 0 Å². The highest BCUT2D eigenvalue weighted by molar-refractivity contribution is 7.98. The fraction of sp³-hybridized carbons (Fsp3) is 0.200. The topological polar surface area (TPSA) is 62.7 Å². The first kappa shape index (κ1) is 12.1. The number of nitrogen functional groups attached to an aromatic ring is 1. The van der Waals surface area contributed by atoms with Crippen LogP contribution in [0.4, 0.5) is 5.82 Å². The molecule has 19 heavy (non-hydrogen) atoms. The van der Waals surface area contributed by atoms with E-state index in [-0.39, 0.29) is 0 Å². The van der Waals surface area contributed by atoms with Crippen molar-refractivity contribution in [3.63, 3.8) is 0 Å². The summed E-state index contributed by atoms with van der Waals surface area (Å²) in [5.74, 6) is 0.335. The molecule has 0 aliphatic heterocycles. The Morgan fingerprint density at radius 2 is 2.11 bits per heavy atom. The molecule has 0 fully saturated rings. The second-order valence-electron chi connectivity index (χ2n) is 4.50. The first-order valence-corrected chi connectivity index (χ1v) is 7.33. The van der Waals surface area contributed by atoms with Gasteiger partial charge in [0, 0.05) is 10.5 Å². The summed E-state index contributed by atoms with van der Waals surface area (Å²) >= 11 is 1.58. The van der Waals surface area contributed by atoms with Gasteiger partial charge in [0.15, 0.2) is 0 Å². The lowest BCUT2D eigenvalue weighted by molar-refractivity contribution is 0.900. The van der Waals surface area contributed by atoms with Crippen LogP contribution >= 0.6 is 11.8 Å². The number of nitriles is 1. The van der Waals surface area contributed by atoms with Gasteiger partial charge in [0.2, 0.25) is 0 Å². The maximum atomic E-state index is 9.24. The van der Waals surface area contributed by atoms with Crippen LogP contribution in [0.5, 0.6) is 0 Å². The molecule has 0 unspecified atom stereocenters. The van der Waals surface area contributed by atoms with Crippen molar-refractivity contribution in [2.24, 2.45) is 0 Å².